The second kappa shape index (κ2) is 8.94. The molecule has 1 aliphatic rings. The van der Waals surface area contributed by atoms with Gasteiger partial charge in [-0.25, -0.2) is 22.5 Å². The molecule has 0 aliphatic carbocycles. The largest absolute Gasteiger partial charge is 0.490 e. The first-order valence-electron chi connectivity index (χ1n) is 7.66. The van der Waals surface area contributed by atoms with Gasteiger partial charge in [0.05, 0.1) is 12.2 Å². The van der Waals surface area contributed by atoms with E-state index in [1.807, 2.05) is 0 Å². The minimum absolute atomic E-state index is 0.380. The maximum atomic E-state index is 14.4. The van der Waals surface area contributed by atoms with Crippen molar-refractivity contribution in [2.45, 2.75) is 31.4 Å². The number of phosphoric acid groups is 3. The summed E-state index contributed by atoms with van der Waals surface area (Å²) < 4.78 is 78.3. The molecule has 3 unspecified atom stereocenters. The summed E-state index contributed by atoms with van der Waals surface area (Å²) in [5.74, 6) is -1.10. The van der Waals surface area contributed by atoms with E-state index in [9.17, 15) is 37.3 Å². The number of halogens is 2. The first-order chi connectivity index (χ1) is 13.5. The number of aliphatic hydroxyl groups is 1. The first kappa shape index (κ1) is 25.4. The number of aromatic nitrogens is 1. The van der Waals surface area contributed by atoms with Crippen molar-refractivity contribution in [2.24, 2.45) is 0 Å². The number of phosphoric ester groups is 1. The molecule has 1 fully saturated rings. The highest BCUT2D eigenvalue weighted by atomic mass is 31.3. The second-order valence-electron chi connectivity index (χ2n) is 5.93. The summed E-state index contributed by atoms with van der Waals surface area (Å²) in [7, 11) is -16.9. The van der Waals surface area contributed by atoms with Gasteiger partial charge in [-0.15, -0.1) is 0 Å². The fourth-order valence-electron chi connectivity index (χ4n) is 2.42. The highest BCUT2D eigenvalue weighted by Gasteiger charge is 2.48. The van der Waals surface area contributed by atoms with Gasteiger partial charge in [-0.05, 0) is 6.92 Å². The Bertz CT molecular complexity index is 995. The van der Waals surface area contributed by atoms with Crippen molar-refractivity contribution in [1.29, 1.82) is 0 Å². The van der Waals surface area contributed by atoms with E-state index in [4.69, 9.17) is 19.4 Å². The third-order valence-corrected chi connectivity index (χ3v) is 7.53. The van der Waals surface area contributed by atoms with E-state index in [1.165, 1.54) is 0 Å². The molecule has 1 aromatic heterocycles. The molecule has 2 rings (SSSR count). The van der Waals surface area contributed by atoms with Crippen LogP contribution in [-0.4, -0.2) is 54.7 Å². The van der Waals surface area contributed by atoms with Gasteiger partial charge in [0.1, 0.15) is 24.1 Å². The molecule has 0 bridgehead atoms. The third kappa shape index (κ3) is 6.33. The normalized spacial score (nSPS) is 28.8. The van der Waals surface area contributed by atoms with Gasteiger partial charge in [0.15, 0.2) is 6.17 Å². The molecule has 0 radical (unpaired) electrons. The topological polar surface area (TPSA) is 222 Å². The molecular formula is C11H16F2NO13P3. The predicted molar refractivity (Wildman–Crippen MR) is 90.1 cm³/mol. The van der Waals surface area contributed by atoms with E-state index in [0.29, 0.717) is 0 Å². The standard InChI is InChI=1S/C11H16F2NO13P3/c1-4-7(12)5(2-14-11(4)16)10-8(13)9(15)6(25-10)3-24-29(20,21)27-30(22,23)26-28(17,18)19/h2,6,8-10,15H,3H2,1H3,(H,14,16)(H,20,21)(H,22,23)(H2,17,18,19)/t6-,8+,9?,10+/m1/s1. The number of H-pyrrole nitrogens is 1. The minimum Gasteiger partial charge on any atom is -0.387 e. The average Bonchev–Trinajstić information content (AvgIpc) is 2.83. The Morgan fingerprint density at radius 1 is 1.17 bits per heavy atom. The third-order valence-electron chi connectivity index (χ3n) is 3.72. The van der Waals surface area contributed by atoms with Crippen molar-refractivity contribution in [1.82, 2.24) is 4.98 Å². The lowest BCUT2D eigenvalue weighted by Gasteiger charge is -2.19. The van der Waals surface area contributed by atoms with Crippen LogP contribution in [0.3, 0.4) is 0 Å². The van der Waals surface area contributed by atoms with Crippen LogP contribution < -0.4 is 5.56 Å². The molecule has 19 heteroatoms. The SMILES string of the molecule is Cc1c(F)c([C@@H]2O[C@H](COP(=O)(O)OP(=O)(O)OP(=O)(O)O)C(O)[C@@H]2F)c[nH]c1=O. The van der Waals surface area contributed by atoms with Crippen molar-refractivity contribution in [3.05, 3.63) is 33.5 Å². The van der Waals surface area contributed by atoms with Crippen LogP contribution in [0.15, 0.2) is 11.0 Å². The summed E-state index contributed by atoms with van der Waals surface area (Å²) >= 11 is 0. The van der Waals surface area contributed by atoms with Crippen LogP contribution >= 0.6 is 23.5 Å². The molecule has 30 heavy (non-hydrogen) atoms. The minimum atomic E-state index is -5.76. The van der Waals surface area contributed by atoms with Crippen LogP contribution in [0.25, 0.3) is 0 Å². The Morgan fingerprint density at radius 2 is 1.77 bits per heavy atom. The van der Waals surface area contributed by atoms with Gasteiger partial charge in [-0.3, -0.25) is 9.32 Å². The molecule has 1 aliphatic heterocycles. The Hall–Kier alpha value is -0.860. The molecule has 6 atom stereocenters. The number of hydrogen-bond acceptors (Lipinski definition) is 9. The number of rotatable bonds is 8. The number of aliphatic hydroxyl groups excluding tert-OH is 1. The molecule has 6 N–H and O–H groups in total. The number of pyridine rings is 1. The monoisotopic (exact) mass is 501 g/mol. The van der Waals surface area contributed by atoms with Crippen LogP contribution in [0, 0.1) is 12.7 Å². The Morgan fingerprint density at radius 3 is 2.33 bits per heavy atom. The number of alkyl halides is 1. The molecule has 0 spiro atoms. The average molecular weight is 501 g/mol. The lowest BCUT2D eigenvalue weighted by atomic mass is 10.0. The van der Waals surface area contributed by atoms with Gasteiger partial charge in [-0.2, -0.15) is 8.62 Å². The fraction of sp³-hybridized carbons (Fsp3) is 0.545. The summed E-state index contributed by atoms with van der Waals surface area (Å²) in [5.41, 5.74) is -1.62. The number of aromatic amines is 1. The predicted octanol–water partition coefficient (Wildman–Crippen LogP) is 0.305. The Labute approximate surface area is 165 Å². The van der Waals surface area contributed by atoms with Gasteiger partial charge in [0, 0.05) is 11.8 Å². The maximum absolute atomic E-state index is 14.4. The van der Waals surface area contributed by atoms with Crippen LogP contribution in [0.1, 0.15) is 17.2 Å². The van der Waals surface area contributed by atoms with Crippen LogP contribution in [-0.2, 0) is 31.6 Å². The molecule has 0 aromatic carbocycles. The van der Waals surface area contributed by atoms with Crippen LogP contribution in [0.5, 0.6) is 0 Å². The van der Waals surface area contributed by atoms with Crippen LogP contribution in [0.2, 0.25) is 0 Å². The summed E-state index contributed by atoms with van der Waals surface area (Å²) in [6, 6.07) is 0. The highest BCUT2D eigenvalue weighted by Crippen LogP contribution is 2.66. The number of ether oxygens (including phenoxy) is 1. The smallest absolute Gasteiger partial charge is 0.387 e. The molecule has 2 heterocycles. The number of hydrogen-bond donors (Lipinski definition) is 6. The molecular weight excluding hydrogens is 485 g/mol. The zero-order valence-electron chi connectivity index (χ0n) is 14.7. The van der Waals surface area contributed by atoms with Crippen molar-refractivity contribution < 1.29 is 65.0 Å². The van der Waals surface area contributed by atoms with Crippen molar-refractivity contribution in [2.75, 3.05) is 6.61 Å². The number of nitrogens with one attached hydrogen (secondary N) is 1. The molecule has 1 aromatic rings. The lowest BCUT2D eigenvalue weighted by molar-refractivity contribution is -0.0230. The zero-order valence-corrected chi connectivity index (χ0v) is 17.4. The van der Waals surface area contributed by atoms with E-state index in [2.05, 4.69) is 18.1 Å². The van der Waals surface area contributed by atoms with E-state index in [0.717, 1.165) is 13.1 Å². The Kier molecular flexibility index (Phi) is 7.57. The van der Waals surface area contributed by atoms with E-state index >= 15 is 0 Å². The molecule has 172 valence electrons. The fourth-order valence-corrected chi connectivity index (χ4v) is 5.45. The van der Waals surface area contributed by atoms with E-state index < -0.39 is 71.5 Å². The van der Waals surface area contributed by atoms with Gasteiger partial charge in [0.25, 0.3) is 5.56 Å². The van der Waals surface area contributed by atoms with Crippen molar-refractivity contribution >= 4 is 23.5 Å². The maximum Gasteiger partial charge on any atom is 0.490 e. The van der Waals surface area contributed by atoms with E-state index in [-0.39, 0.29) is 5.56 Å². The quantitative estimate of drug-likeness (QED) is 0.264. The molecule has 1 saturated heterocycles. The lowest BCUT2D eigenvalue weighted by Crippen LogP contribution is -2.31. The van der Waals surface area contributed by atoms with E-state index in [1.54, 1.807) is 0 Å². The zero-order chi connectivity index (χ0) is 23.1. The summed E-state index contributed by atoms with van der Waals surface area (Å²) in [6.45, 7) is -0.0190. The van der Waals surface area contributed by atoms with Gasteiger partial charge in [0.2, 0.25) is 0 Å². The highest BCUT2D eigenvalue weighted by molar-refractivity contribution is 7.66. The summed E-state index contributed by atoms with van der Waals surface area (Å²) in [6.07, 6.45) is -6.92. The molecule has 0 saturated carbocycles. The summed E-state index contributed by atoms with van der Waals surface area (Å²) in [4.78, 5) is 48.8. The summed E-state index contributed by atoms with van der Waals surface area (Å²) in [5, 5.41) is 9.87. The molecule has 0 amide bonds. The van der Waals surface area contributed by atoms with Gasteiger partial charge >= 0.3 is 23.5 Å². The first-order valence-corrected chi connectivity index (χ1v) is 12.2. The van der Waals surface area contributed by atoms with Gasteiger partial charge < -0.3 is 34.4 Å². The van der Waals surface area contributed by atoms with Crippen molar-refractivity contribution in [3.63, 3.8) is 0 Å². The van der Waals surface area contributed by atoms with Crippen LogP contribution in [0.4, 0.5) is 8.78 Å². The van der Waals surface area contributed by atoms with Gasteiger partial charge in [-0.1, -0.05) is 0 Å². The Balaban J connectivity index is 2.09. The van der Waals surface area contributed by atoms with Crippen molar-refractivity contribution in [3.8, 4) is 0 Å². The molecule has 14 nitrogen and oxygen atoms in total. The second-order valence-corrected chi connectivity index (χ2v) is 10.3.